The van der Waals surface area contributed by atoms with E-state index < -0.39 is 24.2 Å². The van der Waals surface area contributed by atoms with E-state index in [0.717, 1.165) is 29.5 Å². The van der Waals surface area contributed by atoms with Crippen LogP contribution < -0.4 is 0 Å². The minimum atomic E-state index is -1.26. The van der Waals surface area contributed by atoms with E-state index in [1.54, 1.807) is 18.2 Å². The van der Waals surface area contributed by atoms with Crippen LogP contribution in [0.2, 0.25) is 0 Å². The summed E-state index contributed by atoms with van der Waals surface area (Å²) in [7, 11) is 0. The van der Waals surface area contributed by atoms with Gasteiger partial charge in [0, 0.05) is 6.42 Å². The standard InChI is InChI=1S/C34H32O8/c1-2-3-6-15-31(41-34(39)30-21-26(17-19-29(30)33(37)38)24-13-9-5-10-14-24)42-40-22-27-20-25(16-18-28(27)32(35)36)23-11-7-4-8-12-23/h4-5,7-14,16-21,31H,2-3,6,15,22H2,1H3,(H,35,36)(H,37,38). The van der Waals surface area contributed by atoms with Gasteiger partial charge in [-0.1, -0.05) is 92.6 Å². The quantitative estimate of drug-likeness (QED) is 0.0524. The molecule has 4 aromatic rings. The molecule has 216 valence electrons. The van der Waals surface area contributed by atoms with E-state index in [1.165, 1.54) is 18.2 Å². The number of carbonyl (C=O) groups is 3. The van der Waals surface area contributed by atoms with Gasteiger partial charge in [0.25, 0.3) is 0 Å². The highest BCUT2D eigenvalue weighted by Crippen LogP contribution is 2.26. The Morgan fingerprint density at radius 1 is 0.667 bits per heavy atom. The monoisotopic (exact) mass is 568 g/mol. The zero-order valence-corrected chi connectivity index (χ0v) is 23.2. The van der Waals surface area contributed by atoms with Crippen molar-refractivity contribution in [2.75, 3.05) is 0 Å². The van der Waals surface area contributed by atoms with Crippen LogP contribution in [0.4, 0.5) is 0 Å². The van der Waals surface area contributed by atoms with E-state index in [2.05, 4.69) is 0 Å². The molecule has 0 bridgehead atoms. The number of rotatable bonds is 14. The molecule has 1 atom stereocenters. The lowest BCUT2D eigenvalue weighted by atomic mass is 9.99. The summed E-state index contributed by atoms with van der Waals surface area (Å²) in [6.45, 7) is 1.81. The van der Waals surface area contributed by atoms with Crippen molar-refractivity contribution in [1.82, 2.24) is 0 Å². The number of carboxylic acids is 2. The Hall–Kier alpha value is -4.79. The highest BCUT2D eigenvalue weighted by molar-refractivity contribution is 6.03. The zero-order valence-electron chi connectivity index (χ0n) is 23.2. The fourth-order valence-corrected chi connectivity index (χ4v) is 4.49. The molecule has 0 amide bonds. The van der Waals surface area contributed by atoms with Crippen LogP contribution in [0, 0.1) is 0 Å². The highest BCUT2D eigenvalue weighted by Gasteiger charge is 2.24. The van der Waals surface area contributed by atoms with Crippen LogP contribution in [-0.4, -0.2) is 34.4 Å². The van der Waals surface area contributed by atoms with Crippen LogP contribution >= 0.6 is 0 Å². The van der Waals surface area contributed by atoms with Crippen molar-refractivity contribution in [1.29, 1.82) is 0 Å². The van der Waals surface area contributed by atoms with Crippen LogP contribution in [0.3, 0.4) is 0 Å². The number of benzene rings is 4. The van der Waals surface area contributed by atoms with Gasteiger partial charge < -0.3 is 14.9 Å². The van der Waals surface area contributed by atoms with E-state index in [0.29, 0.717) is 24.0 Å². The maximum Gasteiger partial charge on any atom is 0.341 e. The van der Waals surface area contributed by atoms with Crippen molar-refractivity contribution < 1.29 is 39.1 Å². The lowest BCUT2D eigenvalue weighted by molar-refractivity contribution is -0.375. The number of ether oxygens (including phenoxy) is 1. The molecule has 0 fully saturated rings. The molecule has 0 radical (unpaired) electrons. The summed E-state index contributed by atoms with van der Waals surface area (Å²) in [6, 6.07) is 28.2. The number of unbranched alkanes of at least 4 members (excludes halogenated alkanes) is 2. The predicted molar refractivity (Wildman–Crippen MR) is 157 cm³/mol. The van der Waals surface area contributed by atoms with E-state index in [4.69, 9.17) is 14.5 Å². The van der Waals surface area contributed by atoms with Gasteiger partial charge in [0.15, 0.2) is 0 Å². The van der Waals surface area contributed by atoms with E-state index in [1.807, 2.05) is 67.6 Å². The third-order valence-electron chi connectivity index (χ3n) is 6.69. The van der Waals surface area contributed by atoms with Gasteiger partial charge in [0.2, 0.25) is 6.29 Å². The molecule has 8 heteroatoms. The smallest absolute Gasteiger partial charge is 0.341 e. The average Bonchev–Trinajstić information content (AvgIpc) is 3.01. The SMILES string of the molecule is CCCCCC(OOCc1cc(-c2ccccc2)ccc1C(=O)O)OC(=O)c1cc(-c2ccccc2)ccc1C(=O)O. The second kappa shape index (κ2) is 14.7. The van der Waals surface area contributed by atoms with Gasteiger partial charge >= 0.3 is 17.9 Å². The Bertz CT molecular complexity index is 1520. The Balaban J connectivity index is 1.52. The van der Waals surface area contributed by atoms with Gasteiger partial charge in [-0.3, -0.25) is 0 Å². The summed E-state index contributed by atoms with van der Waals surface area (Å²) < 4.78 is 5.61. The molecule has 0 aliphatic rings. The van der Waals surface area contributed by atoms with Gasteiger partial charge in [0.05, 0.1) is 16.7 Å². The first-order valence-electron chi connectivity index (χ1n) is 13.7. The zero-order chi connectivity index (χ0) is 29.9. The van der Waals surface area contributed by atoms with E-state index in [-0.39, 0.29) is 23.3 Å². The fourth-order valence-electron chi connectivity index (χ4n) is 4.49. The number of esters is 1. The van der Waals surface area contributed by atoms with E-state index in [9.17, 15) is 24.6 Å². The number of hydrogen-bond donors (Lipinski definition) is 2. The average molecular weight is 569 g/mol. The molecule has 4 rings (SSSR count). The summed E-state index contributed by atoms with van der Waals surface area (Å²) >= 11 is 0. The van der Waals surface area contributed by atoms with Gasteiger partial charge in [-0.2, -0.15) is 4.89 Å². The van der Waals surface area contributed by atoms with Crippen molar-refractivity contribution in [2.24, 2.45) is 0 Å². The summed E-state index contributed by atoms with van der Waals surface area (Å²) in [4.78, 5) is 48.0. The van der Waals surface area contributed by atoms with Crippen LogP contribution in [-0.2, 0) is 21.1 Å². The van der Waals surface area contributed by atoms with Crippen LogP contribution in [0.15, 0.2) is 97.1 Å². The first kappa shape index (κ1) is 30.2. The Kier molecular flexibility index (Phi) is 10.6. The molecular formula is C34H32O8. The Labute approximate surface area is 244 Å². The summed E-state index contributed by atoms with van der Waals surface area (Å²) in [5.74, 6) is -3.24. The predicted octanol–water partition coefficient (Wildman–Crippen LogP) is 7.63. The molecule has 0 saturated heterocycles. The molecule has 1 unspecified atom stereocenters. The number of carbonyl (C=O) groups excluding carboxylic acids is 1. The van der Waals surface area contributed by atoms with Crippen molar-refractivity contribution in [3.05, 3.63) is 119 Å². The van der Waals surface area contributed by atoms with E-state index >= 15 is 0 Å². The molecule has 0 aliphatic carbocycles. The largest absolute Gasteiger partial charge is 0.478 e. The maximum atomic E-state index is 13.3. The minimum absolute atomic E-state index is 0.0571. The maximum absolute atomic E-state index is 13.3. The topological polar surface area (TPSA) is 119 Å². The highest BCUT2D eigenvalue weighted by atomic mass is 17.2. The Morgan fingerprint density at radius 2 is 1.24 bits per heavy atom. The molecule has 42 heavy (non-hydrogen) atoms. The number of carboxylic acid groups (broad SMARTS) is 2. The molecule has 0 aromatic heterocycles. The first-order valence-corrected chi connectivity index (χ1v) is 13.7. The third kappa shape index (κ3) is 7.90. The summed E-state index contributed by atoms with van der Waals surface area (Å²) in [6.07, 6.45) is 1.59. The molecule has 0 heterocycles. The molecule has 0 saturated carbocycles. The van der Waals surface area contributed by atoms with Gasteiger partial charge in [0.1, 0.15) is 6.61 Å². The van der Waals surface area contributed by atoms with Crippen LogP contribution in [0.5, 0.6) is 0 Å². The van der Waals surface area contributed by atoms with Gasteiger partial charge in [-0.05, 0) is 58.5 Å². The molecule has 0 aliphatic heterocycles. The number of hydrogen-bond acceptors (Lipinski definition) is 6. The van der Waals surface area contributed by atoms with Crippen LogP contribution in [0.1, 0.15) is 69.2 Å². The van der Waals surface area contributed by atoms with Crippen molar-refractivity contribution in [2.45, 2.75) is 45.5 Å². The number of aromatic carboxylic acids is 2. The molecule has 4 aromatic carbocycles. The molecule has 0 spiro atoms. The fraction of sp³-hybridized carbons (Fsp3) is 0.206. The van der Waals surface area contributed by atoms with Crippen molar-refractivity contribution in [3.63, 3.8) is 0 Å². The van der Waals surface area contributed by atoms with Gasteiger partial charge in [-0.25, -0.2) is 19.3 Å². The first-order chi connectivity index (χ1) is 20.4. The van der Waals surface area contributed by atoms with Crippen molar-refractivity contribution in [3.8, 4) is 22.3 Å². The third-order valence-corrected chi connectivity index (χ3v) is 6.69. The lowest BCUT2D eigenvalue weighted by Crippen LogP contribution is -2.23. The minimum Gasteiger partial charge on any atom is -0.478 e. The summed E-state index contributed by atoms with van der Waals surface area (Å²) in [5.41, 5.74) is 3.32. The van der Waals surface area contributed by atoms with Crippen molar-refractivity contribution >= 4 is 17.9 Å². The molecule has 2 N–H and O–H groups in total. The Morgan fingerprint density at radius 3 is 1.81 bits per heavy atom. The molecule has 8 nitrogen and oxygen atoms in total. The second-order valence-electron chi connectivity index (χ2n) is 9.66. The van der Waals surface area contributed by atoms with Crippen LogP contribution in [0.25, 0.3) is 22.3 Å². The second-order valence-corrected chi connectivity index (χ2v) is 9.66. The lowest BCUT2D eigenvalue weighted by Gasteiger charge is -2.19. The normalized spacial score (nSPS) is 11.5. The molecular weight excluding hydrogens is 536 g/mol. The van der Waals surface area contributed by atoms with Gasteiger partial charge in [-0.15, -0.1) is 0 Å². The summed E-state index contributed by atoms with van der Waals surface area (Å²) in [5, 5.41) is 19.4.